The average molecular weight is 338 g/mol. The Morgan fingerprint density at radius 2 is 1.94 bits per heavy atom. The second kappa shape index (κ2) is 5.54. The molecule has 0 saturated heterocycles. The van der Waals surface area contributed by atoms with Gasteiger partial charge >= 0.3 is 0 Å². The van der Waals surface area contributed by atoms with Crippen LogP contribution in [-0.2, 0) is 0 Å². The number of benzene rings is 2. The van der Waals surface area contributed by atoms with Crippen LogP contribution in [-0.4, -0.2) is 6.10 Å². The van der Waals surface area contributed by atoms with E-state index in [1.54, 1.807) is 0 Å². The standard InChI is InChI=1S/C15H15IO/c1-11(16)10-12(2)17-15-9-5-7-13-6-3-4-8-14(13)15/h3-9,12H,1,10H2,2H3. The van der Waals surface area contributed by atoms with Gasteiger partial charge in [0.15, 0.2) is 0 Å². The lowest BCUT2D eigenvalue weighted by atomic mass is 10.1. The van der Waals surface area contributed by atoms with Crippen LogP contribution in [0.25, 0.3) is 10.8 Å². The van der Waals surface area contributed by atoms with E-state index < -0.39 is 0 Å². The van der Waals surface area contributed by atoms with Crippen molar-refractivity contribution in [2.45, 2.75) is 19.4 Å². The monoisotopic (exact) mass is 338 g/mol. The summed E-state index contributed by atoms with van der Waals surface area (Å²) in [5, 5.41) is 2.38. The number of ether oxygens (including phenoxy) is 1. The van der Waals surface area contributed by atoms with Crippen LogP contribution < -0.4 is 4.74 Å². The van der Waals surface area contributed by atoms with Crippen LogP contribution in [0.15, 0.2) is 52.6 Å². The molecule has 1 nitrogen and oxygen atoms in total. The second-order valence-electron chi connectivity index (χ2n) is 4.13. The summed E-state index contributed by atoms with van der Waals surface area (Å²) in [4.78, 5) is 0. The van der Waals surface area contributed by atoms with Gasteiger partial charge in [0.05, 0.1) is 0 Å². The van der Waals surface area contributed by atoms with Gasteiger partial charge in [-0.05, 0) is 44.5 Å². The Hall–Kier alpha value is -1.03. The highest BCUT2D eigenvalue weighted by molar-refractivity contribution is 14.1. The molecule has 0 bridgehead atoms. The average Bonchev–Trinajstić information content (AvgIpc) is 2.28. The zero-order valence-corrected chi connectivity index (χ0v) is 12.0. The first-order valence-electron chi connectivity index (χ1n) is 5.64. The van der Waals surface area contributed by atoms with Crippen molar-refractivity contribution < 1.29 is 4.74 Å². The summed E-state index contributed by atoms with van der Waals surface area (Å²) < 4.78 is 7.09. The normalized spacial score (nSPS) is 12.4. The van der Waals surface area contributed by atoms with Crippen molar-refractivity contribution in [3.05, 3.63) is 52.6 Å². The predicted octanol–water partition coefficient (Wildman–Crippen LogP) is 4.95. The van der Waals surface area contributed by atoms with E-state index >= 15 is 0 Å². The molecule has 2 aromatic rings. The zero-order valence-electron chi connectivity index (χ0n) is 9.82. The lowest BCUT2D eigenvalue weighted by Crippen LogP contribution is -2.11. The highest BCUT2D eigenvalue weighted by atomic mass is 127. The minimum atomic E-state index is 0.158. The molecule has 0 fully saturated rings. The zero-order chi connectivity index (χ0) is 12.3. The molecular weight excluding hydrogens is 323 g/mol. The molecule has 0 N–H and O–H groups in total. The fourth-order valence-electron chi connectivity index (χ4n) is 1.87. The lowest BCUT2D eigenvalue weighted by molar-refractivity contribution is 0.228. The van der Waals surface area contributed by atoms with Gasteiger partial charge < -0.3 is 4.74 Å². The Labute approximate surface area is 116 Å². The maximum Gasteiger partial charge on any atom is 0.127 e. The van der Waals surface area contributed by atoms with Gasteiger partial charge in [0.25, 0.3) is 0 Å². The first-order valence-corrected chi connectivity index (χ1v) is 6.72. The smallest absolute Gasteiger partial charge is 0.127 e. The second-order valence-corrected chi connectivity index (χ2v) is 5.65. The molecule has 0 aliphatic heterocycles. The Kier molecular flexibility index (Phi) is 4.05. The van der Waals surface area contributed by atoms with Crippen molar-refractivity contribution in [1.29, 1.82) is 0 Å². The maximum atomic E-state index is 5.97. The summed E-state index contributed by atoms with van der Waals surface area (Å²) in [5.74, 6) is 0.952. The van der Waals surface area contributed by atoms with E-state index in [0.29, 0.717) is 0 Å². The molecule has 0 aromatic heterocycles. The molecule has 1 unspecified atom stereocenters. The van der Waals surface area contributed by atoms with E-state index in [2.05, 4.69) is 54.3 Å². The molecule has 1 atom stereocenters. The van der Waals surface area contributed by atoms with E-state index in [9.17, 15) is 0 Å². The summed E-state index contributed by atoms with van der Waals surface area (Å²) in [6.07, 6.45) is 1.04. The van der Waals surface area contributed by atoms with Crippen LogP contribution in [0, 0.1) is 0 Å². The van der Waals surface area contributed by atoms with Crippen molar-refractivity contribution in [1.82, 2.24) is 0 Å². The van der Waals surface area contributed by atoms with Crippen molar-refractivity contribution in [3.63, 3.8) is 0 Å². The number of hydrogen-bond acceptors (Lipinski definition) is 1. The first-order chi connectivity index (χ1) is 8.16. The molecule has 88 valence electrons. The lowest BCUT2D eigenvalue weighted by Gasteiger charge is -2.15. The van der Waals surface area contributed by atoms with E-state index in [1.807, 2.05) is 24.3 Å². The summed E-state index contributed by atoms with van der Waals surface area (Å²) >= 11 is 2.24. The highest BCUT2D eigenvalue weighted by Crippen LogP contribution is 2.27. The Bertz CT molecular complexity index is 528. The molecule has 0 aliphatic rings. The number of hydrogen-bond donors (Lipinski definition) is 0. The molecule has 0 saturated carbocycles. The molecule has 2 aromatic carbocycles. The van der Waals surface area contributed by atoms with Gasteiger partial charge in [-0.1, -0.05) is 43.0 Å². The SMILES string of the molecule is C=C(I)CC(C)Oc1cccc2ccccc12. The maximum absolute atomic E-state index is 5.97. The van der Waals surface area contributed by atoms with Gasteiger partial charge in [-0.15, -0.1) is 0 Å². The van der Waals surface area contributed by atoms with Crippen molar-refractivity contribution in [2.75, 3.05) is 0 Å². The van der Waals surface area contributed by atoms with E-state index in [-0.39, 0.29) is 6.10 Å². The third kappa shape index (κ3) is 3.22. The minimum absolute atomic E-state index is 0.158. The summed E-state index contributed by atoms with van der Waals surface area (Å²) in [6, 6.07) is 14.4. The van der Waals surface area contributed by atoms with Crippen LogP contribution >= 0.6 is 22.6 Å². The Morgan fingerprint density at radius 1 is 1.24 bits per heavy atom. The number of rotatable bonds is 4. The van der Waals surface area contributed by atoms with Crippen LogP contribution in [0.3, 0.4) is 0 Å². The van der Waals surface area contributed by atoms with Crippen molar-refractivity contribution >= 4 is 33.4 Å². The van der Waals surface area contributed by atoms with Gasteiger partial charge in [-0.2, -0.15) is 0 Å². The van der Waals surface area contributed by atoms with Crippen LogP contribution in [0.4, 0.5) is 0 Å². The van der Waals surface area contributed by atoms with Gasteiger partial charge in [0.2, 0.25) is 0 Å². The van der Waals surface area contributed by atoms with Crippen LogP contribution in [0.5, 0.6) is 5.75 Å². The summed E-state index contributed by atoms with van der Waals surface area (Å²) in [5.41, 5.74) is 0. The van der Waals surface area contributed by atoms with Crippen molar-refractivity contribution in [2.24, 2.45) is 0 Å². The summed E-state index contributed by atoms with van der Waals surface area (Å²) in [6.45, 7) is 5.98. The highest BCUT2D eigenvalue weighted by Gasteiger charge is 2.07. The molecule has 0 radical (unpaired) electrons. The summed E-state index contributed by atoms with van der Waals surface area (Å²) in [7, 11) is 0. The van der Waals surface area contributed by atoms with E-state index in [4.69, 9.17) is 4.74 Å². The van der Waals surface area contributed by atoms with Crippen LogP contribution in [0.2, 0.25) is 0 Å². The third-order valence-corrected chi connectivity index (χ3v) is 3.03. The predicted molar refractivity (Wildman–Crippen MR) is 81.8 cm³/mol. The molecule has 0 spiro atoms. The Morgan fingerprint density at radius 3 is 2.71 bits per heavy atom. The molecule has 17 heavy (non-hydrogen) atoms. The molecule has 2 heteroatoms. The minimum Gasteiger partial charge on any atom is -0.490 e. The van der Waals surface area contributed by atoms with Gasteiger partial charge in [-0.25, -0.2) is 0 Å². The molecule has 0 amide bonds. The molecular formula is C15H15IO. The third-order valence-electron chi connectivity index (χ3n) is 2.59. The Balaban J connectivity index is 2.26. The van der Waals surface area contributed by atoms with E-state index in [1.165, 1.54) is 10.8 Å². The number of halogens is 1. The van der Waals surface area contributed by atoms with Gasteiger partial charge in [0.1, 0.15) is 11.9 Å². The van der Waals surface area contributed by atoms with Crippen LogP contribution in [0.1, 0.15) is 13.3 Å². The molecule has 0 heterocycles. The topological polar surface area (TPSA) is 9.23 Å². The van der Waals surface area contributed by atoms with E-state index in [0.717, 1.165) is 15.8 Å². The fourth-order valence-corrected chi connectivity index (χ4v) is 2.49. The quantitative estimate of drug-likeness (QED) is 0.717. The van der Waals surface area contributed by atoms with Gasteiger partial charge in [-0.3, -0.25) is 0 Å². The molecule has 0 aliphatic carbocycles. The largest absolute Gasteiger partial charge is 0.490 e. The van der Waals surface area contributed by atoms with Gasteiger partial charge in [0, 0.05) is 11.8 Å². The van der Waals surface area contributed by atoms with Crippen molar-refractivity contribution in [3.8, 4) is 5.75 Å². The number of fused-ring (bicyclic) bond motifs is 1. The fraction of sp³-hybridized carbons (Fsp3) is 0.200. The molecule has 2 rings (SSSR count). The first kappa shape index (κ1) is 12.4.